The second-order valence-corrected chi connectivity index (χ2v) is 7.31. The lowest BCUT2D eigenvalue weighted by atomic mass is 10.1. The largest absolute Gasteiger partial charge is 0.477 e. The minimum absolute atomic E-state index is 0.0632. The lowest BCUT2D eigenvalue weighted by Gasteiger charge is -2.38. The number of ether oxygens (including phenoxy) is 2. The predicted octanol–water partition coefficient (Wildman–Crippen LogP) is 2.06. The van der Waals surface area contributed by atoms with Crippen LogP contribution in [-0.4, -0.2) is 62.2 Å². The first-order valence-corrected chi connectivity index (χ1v) is 9.84. The maximum absolute atomic E-state index is 12.9. The number of anilines is 2. The van der Waals surface area contributed by atoms with Crippen molar-refractivity contribution < 1.29 is 19.1 Å². The minimum Gasteiger partial charge on any atom is -0.477 e. The molecule has 1 saturated heterocycles. The van der Waals surface area contributed by atoms with Crippen LogP contribution in [0.15, 0.2) is 48.5 Å². The predicted molar refractivity (Wildman–Crippen MR) is 110 cm³/mol. The Hall–Kier alpha value is -3.06. The average molecular weight is 395 g/mol. The van der Waals surface area contributed by atoms with Crippen molar-refractivity contribution in [2.24, 2.45) is 0 Å². The highest BCUT2D eigenvalue weighted by Gasteiger charge is 2.34. The number of nitrogens with one attached hydrogen (secondary N) is 1. The fourth-order valence-electron chi connectivity index (χ4n) is 3.58. The average Bonchev–Trinajstić information content (AvgIpc) is 2.75. The Bertz CT molecular complexity index is 878. The monoisotopic (exact) mass is 395 g/mol. The Morgan fingerprint density at radius 3 is 2.55 bits per heavy atom. The fraction of sp³-hybridized carbons (Fsp3) is 0.364. The molecule has 7 heteroatoms. The van der Waals surface area contributed by atoms with E-state index in [1.54, 1.807) is 4.90 Å². The summed E-state index contributed by atoms with van der Waals surface area (Å²) in [6.45, 7) is 4.68. The van der Waals surface area contributed by atoms with E-state index in [1.165, 1.54) is 0 Å². The molecule has 0 saturated carbocycles. The molecule has 0 radical (unpaired) electrons. The molecule has 0 unspecified atom stereocenters. The number of para-hydroxylation sites is 2. The van der Waals surface area contributed by atoms with E-state index in [1.807, 2.05) is 60.4 Å². The van der Waals surface area contributed by atoms with Crippen molar-refractivity contribution >= 4 is 23.2 Å². The quantitative estimate of drug-likeness (QED) is 0.858. The van der Waals surface area contributed by atoms with Gasteiger partial charge in [0.15, 0.2) is 6.10 Å². The van der Waals surface area contributed by atoms with Crippen molar-refractivity contribution in [2.75, 3.05) is 49.6 Å². The number of carbonyl (C=O) groups is 2. The summed E-state index contributed by atoms with van der Waals surface area (Å²) in [6.07, 6.45) is -0.643. The van der Waals surface area contributed by atoms with Crippen molar-refractivity contribution in [3.8, 4) is 5.75 Å². The number of aryl methyl sites for hydroxylation is 1. The van der Waals surface area contributed by atoms with Crippen LogP contribution in [0.4, 0.5) is 11.4 Å². The number of benzene rings is 2. The van der Waals surface area contributed by atoms with Gasteiger partial charge in [0.2, 0.25) is 5.91 Å². The van der Waals surface area contributed by atoms with Crippen LogP contribution in [0, 0.1) is 6.92 Å². The molecule has 1 N–H and O–H groups in total. The van der Waals surface area contributed by atoms with Gasteiger partial charge in [-0.25, -0.2) is 0 Å². The van der Waals surface area contributed by atoms with E-state index in [2.05, 4.69) is 5.32 Å². The number of hydrogen-bond donors (Lipinski definition) is 1. The fourth-order valence-corrected chi connectivity index (χ4v) is 3.58. The number of nitrogens with zero attached hydrogens (tertiary/aromatic N) is 2. The first-order valence-electron chi connectivity index (χ1n) is 9.84. The highest BCUT2D eigenvalue weighted by molar-refractivity contribution is 5.95. The van der Waals surface area contributed by atoms with Gasteiger partial charge >= 0.3 is 0 Å². The molecule has 2 heterocycles. The Morgan fingerprint density at radius 2 is 1.79 bits per heavy atom. The molecule has 0 bridgehead atoms. The molecule has 29 heavy (non-hydrogen) atoms. The van der Waals surface area contributed by atoms with Crippen LogP contribution in [0.3, 0.4) is 0 Å². The standard InChI is InChI=1S/C22H25N3O4/c1-16-6-8-17(9-7-16)23-21(26)15-25-14-20(22(27)24-10-12-28-13-11-24)29-19-5-3-2-4-18(19)25/h2-9,20H,10-15H2,1H3,(H,23,26)/t20-/m0/s1. The van der Waals surface area contributed by atoms with Crippen LogP contribution >= 0.6 is 0 Å². The Balaban J connectivity index is 1.48. The summed E-state index contributed by atoms with van der Waals surface area (Å²) in [5, 5.41) is 2.92. The zero-order valence-electron chi connectivity index (χ0n) is 16.5. The van der Waals surface area contributed by atoms with Crippen LogP contribution in [0.1, 0.15) is 5.56 Å². The third-order valence-electron chi connectivity index (χ3n) is 5.13. The van der Waals surface area contributed by atoms with Crippen LogP contribution in [0.5, 0.6) is 5.75 Å². The van der Waals surface area contributed by atoms with Gasteiger partial charge in [-0.2, -0.15) is 0 Å². The highest BCUT2D eigenvalue weighted by atomic mass is 16.5. The van der Waals surface area contributed by atoms with Gasteiger partial charge in [0.05, 0.1) is 32.0 Å². The van der Waals surface area contributed by atoms with Crippen LogP contribution in [0.2, 0.25) is 0 Å². The summed E-state index contributed by atoms with van der Waals surface area (Å²) in [5.74, 6) is 0.420. The summed E-state index contributed by atoms with van der Waals surface area (Å²) < 4.78 is 11.3. The third kappa shape index (κ3) is 4.51. The Kier molecular flexibility index (Phi) is 5.67. The number of fused-ring (bicyclic) bond motifs is 1. The summed E-state index contributed by atoms with van der Waals surface area (Å²) in [7, 11) is 0. The van der Waals surface area contributed by atoms with Gasteiger partial charge in [-0.3, -0.25) is 9.59 Å². The lowest BCUT2D eigenvalue weighted by Crippen LogP contribution is -2.53. The summed E-state index contributed by atoms with van der Waals surface area (Å²) in [4.78, 5) is 29.3. The van der Waals surface area contributed by atoms with Gasteiger partial charge in [-0.05, 0) is 31.2 Å². The molecule has 7 nitrogen and oxygen atoms in total. The van der Waals surface area contributed by atoms with Gasteiger partial charge in [-0.15, -0.1) is 0 Å². The van der Waals surface area contributed by atoms with Crippen molar-refractivity contribution in [2.45, 2.75) is 13.0 Å². The van der Waals surface area contributed by atoms with Crippen molar-refractivity contribution in [1.82, 2.24) is 4.90 Å². The number of hydrogen-bond acceptors (Lipinski definition) is 5. The van der Waals surface area contributed by atoms with Gasteiger partial charge in [0.25, 0.3) is 5.91 Å². The van der Waals surface area contributed by atoms with Crippen molar-refractivity contribution in [3.05, 3.63) is 54.1 Å². The molecular weight excluding hydrogens is 370 g/mol. The molecule has 0 spiro atoms. The summed E-state index contributed by atoms with van der Waals surface area (Å²) in [6, 6.07) is 15.2. The summed E-state index contributed by atoms with van der Waals surface area (Å²) >= 11 is 0. The number of carbonyl (C=O) groups excluding carboxylic acids is 2. The van der Waals surface area contributed by atoms with E-state index in [0.29, 0.717) is 38.6 Å². The molecule has 2 aliphatic heterocycles. The second-order valence-electron chi connectivity index (χ2n) is 7.31. The van der Waals surface area contributed by atoms with Gasteiger partial charge < -0.3 is 24.6 Å². The van der Waals surface area contributed by atoms with E-state index in [9.17, 15) is 9.59 Å². The number of rotatable bonds is 4. The maximum atomic E-state index is 12.9. The van der Waals surface area contributed by atoms with Crippen molar-refractivity contribution in [1.29, 1.82) is 0 Å². The molecule has 2 aliphatic rings. The second kappa shape index (κ2) is 8.53. The summed E-state index contributed by atoms with van der Waals surface area (Å²) in [5.41, 5.74) is 2.70. The zero-order chi connectivity index (χ0) is 20.2. The van der Waals surface area contributed by atoms with Crippen LogP contribution in [-0.2, 0) is 14.3 Å². The Labute approximate surface area is 170 Å². The molecule has 1 fully saturated rings. The molecule has 2 aromatic rings. The molecular formula is C22H25N3O4. The van der Waals surface area contributed by atoms with Gasteiger partial charge in [0, 0.05) is 18.8 Å². The van der Waals surface area contributed by atoms with Crippen molar-refractivity contribution in [3.63, 3.8) is 0 Å². The van der Waals surface area contributed by atoms with E-state index in [-0.39, 0.29) is 18.4 Å². The van der Waals surface area contributed by atoms with E-state index in [0.717, 1.165) is 16.9 Å². The third-order valence-corrected chi connectivity index (χ3v) is 5.13. The van der Waals surface area contributed by atoms with Crippen LogP contribution < -0.4 is 15.0 Å². The topological polar surface area (TPSA) is 71.1 Å². The molecule has 0 aliphatic carbocycles. The van der Waals surface area contributed by atoms with Gasteiger partial charge in [-0.1, -0.05) is 29.8 Å². The molecule has 4 rings (SSSR count). The smallest absolute Gasteiger partial charge is 0.265 e. The molecule has 152 valence electrons. The van der Waals surface area contributed by atoms with E-state index >= 15 is 0 Å². The SMILES string of the molecule is Cc1ccc(NC(=O)CN2C[C@@H](C(=O)N3CCOCC3)Oc3ccccc32)cc1. The molecule has 2 aromatic carbocycles. The first kappa shape index (κ1) is 19.3. The normalized spacial score (nSPS) is 18.6. The molecule has 2 amide bonds. The number of morpholine rings is 1. The Morgan fingerprint density at radius 1 is 1.07 bits per heavy atom. The van der Waals surface area contributed by atoms with Crippen LogP contribution in [0.25, 0.3) is 0 Å². The van der Waals surface area contributed by atoms with E-state index < -0.39 is 6.10 Å². The maximum Gasteiger partial charge on any atom is 0.265 e. The molecule has 0 aromatic heterocycles. The highest BCUT2D eigenvalue weighted by Crippen LogP contribution is 2.33. The van der Waals surface area contributed by atoms with E-state index in [4.69, 9.17) is 9.47 Å². The zero-order valence-corrected chi connectivity index (χ0v) is 16.5. The minimum atomic E-state index is -0.643. The molecule has 1 atom stereocenters. The first-order chi connectivity index (χ1) is 14.1. The lowest BCUT2D eigenvalue weighted by molar-refractivity contribution is -0.142. The van der Waals surface area contributed by atoms with Gasteiger partial charge in [0.1, 0.15) is 5.75 Å². The number of amides is 2.